The summed E-state index contributed by atoms with van der Waals surface area (Å²) < 4.78 is 10.9. The molecule has 0 spiro atoms. The van der Waals surface area contributed by atoms with E-state index in [0.29, 0.717) is 23.5 Å². The monoisotopic (exact) mass is 584 g/mol. The van der Waals surface area contributed by atoms with E-state index in [0.717, 1.165) is 80.8 Å². The Kier molecular flexibility index (Phi) is 8.95. The molecule has 1 aliphatic carbocycles. The normalized spacial score (nSPS) is 17.5. The zero-order chi connectivity index (χ0) is 29.8. The molecule has 226 valence electrons. The van der Waals surface area contributed by atoms with Gasteiger partial charge < -0.3 is 24.7 Å². The van der Waals surface area contributed by atoms with Crippen molar-refractivity contribution in [3.8, 4) is 11.1 Å². The van der Waals surface area contributed by atoms with Gasteiger partial charge >= 0.3 is 5.97 Å². The summed E-state index contributed by atoms with van der Waals surface area (Å²) in [6.07, 6.45) is 11.0. The van der Waals surface area contributed by atoms with Crippen molar-refractivity contribution in [3.05, 3.63) is 54.0 Å². The van der Waals surface area contributed by atoms with Gasteiger partial charge in [0.25, 0.3) is 0 Å². The molecule has 6 rings (SSSR count). The molecule has 0 bridgehead atoms. The van der Waals surface area contributed by atoms with Crippen LogP contribution in [0.3, 0.4) is 0 Å². The first kappa shape index (κ1) is 29.2. The lowest BCUT2D eigenvalue weighted by Crippen LogP contribution is -2.72. The zero-order valence-electron chi connectivity index (χ0n) is 25.2. The molecule has 0 radical (unpaired) electrons. The number of rotatable bonds is 10. The Bertz CT molecular complexity index is 1450. The van der Waals surface area contributed by atoms with Crippen LogP contribution in [0.4, 0.5) is 23.1 Å². The number of hydrogen-bond acceptors (Lipinski definition) is 9. The van der Waals surface area contributed by atoms with E-state index in [9.17, 15) is 10.2 Å². The first-order valence-electron chi connectivity index (χ1n) is 15.7. The highest BCUT2D eigenvalue weighted by atomic mass is 16.5. The highest BCUT2D eigenvalue weighted by Gasteiger charge is 2.32. The second-order valence-corrected chi connectivity index (χ2v) is 11.7. The molecule has 3 fully saturated rings. The van der Waals surface area contributed by atoms with Gasteiger partial charge in [0.15, 0.2) is 5.69 Å². The number of anilines is 2. The SMILES string of the molecule is CCOC(=O)c1cc(-c2cnc(N(C)C3CCOCC3)nc2)c(C(=N)C2CCC2)c([NH2+]c2cccc(N3CCCC3)c2)n1. The average molecular weight is 585 g/mol. The lowest BCUT2D eigenvalue weighted by atomic mass is 9.78. The van der Waals surface area contributed by atoms with Gasteiger partial charge in [-0.15, -0.1) is 0 Å². The molecule has 3 aromatic rings. The molecule has 3 aliphatic rings. The van der Waals surface area contributed by atoms with Crippen LogP contribution in [0.25, 0.3) is 11.1 Å². The number of esters is 1. The number of nitrogens with zero attached hydrogens (tertiary/aromatic N) is 5. The Balaban J connectivity index is 1.41. The van der Waals surface area contributed by atoms with Crippen LogP contribution in [0, 0.1) is 11.3 Å². The van der Waals surface area contributed by atoms with Crippen LogP contribution in [-0.4, -0.2) is 72.6 Å². The van der Waals surface area contributed by atoms with Crippen LogP contribution in [0.5, 0.6) is 0 Å². The summed E-state index contributed by atoms with van der Waals surface area (Å²) in [5, 5.41) is 11.3. The van der Waals surface area contributed by atoms with E-state index in [1.807, 2.05) is 12.4 Å². The van der Waals surface area contributed by atoms with Gasteiger partial charge in [-0.3, -0.25) is 5.32 Å². The molecular weight excluding hydrogens is 542 g/mol. The van der Waals surface area contributed by atoms with Crippen molar-refractivity contribution < 1.29 is 19.6 Å². The van der Waals surface area contributed by atoms with Gasteiger partial charge in [0, 0.05) is 80.6 Å². The molecule has 10 nitrogen and oxygen atoms in total. The van der Waals surface area contributed by atoms with Gasteiger partial charge in [-0.05, 0) is 63.6 Å². The van der Waals surface area contributed by atoms with Crippen LogP contribution in [-0.2, 0) is 9.47 Å². The van der Waals surface area contributed by atoms with Crippen LogP contribution < -0.4 is 15.1 Å². The van der Waals surface area contributed by atoms with E-state index in [2.05, 4.69) is 34.1 Å². The Morgan fingerprint density at radius 3 is 2.51 bits per heavy atom. The number of quaternary nitrogens is 1. The number of nitrogens with two attached hydrogens (primary N) is 1. The first-order valence-corrected chi connectivity index (χ1v) is 15.7. The van der Waals surface area contributed by atoms with Crippen molar-refractivity contribution in [2.24, 2.45) is 5.92 Å². The number of pyridine rings is 1. The largest absolute Gasteiger partial charge is 0.461 e. The quantitative estimate of drug-likeness (QED) is 0.201. The van der Waals surface area contributed by atoms with E-state index in [1.54, 1.807) is 25.4 Å². The molecule has 43 heavy (non-hydrogen) atoms. The number of carbonyl (C=O) groups excluding carboxylic acids is 1. The van der Waals surface area contributed by atoms with Crippen molar-refractivity contribution in [2.45, 2.75) is 57.9 Å². The fraction of sp³-hybridized carbons (Fsp3) is 0.485. The number of benzene rings is 1. The summed E-state index contributed by atoms with van der Waals surface area (Å²) in [6, 6.07) is 10.5. The van der Waals surface area contributed by atoms with E-state index in [4.69, 9.17) is 24.4 Å². The number of aromatic nitrogens is 3. The third-order valence-corrected chi connectivity index (χ3v) is 8.96. The smallest absolute Gasteiger partial charge is 0.357 e. The van der Waals surface area contributed by atoms with Gasteiger partial charge in [0.05, 0.1) is 17.9 Å². The Morgan fingerprint density at radius 2 is 1.84 bits per heavy atom. The molecule has 2 aliphatic heterocycles. The number of hydrogen-bond donors (Lipinski definition) is 2. The number of ether oxygens (including phenoxy) is 2. The molecule has 1 saturated carbocycles. The van der Waals surface area contributed by atoms with E-state index in [-0.39, 0.29) is 18.2 Å². The van der Waals surface area contributed by atoms with Gasteiger partial charge in [0.1, 0.15) is 5.69 Å². The highest BCUT2D eigenvalue weighted by molar-refractivity contribution is 6.09. The summed E-state index contributed by atoms with van der Waals surface area (Å²) in [5.74, 6) is 0.926. The molecular formula is C33H42N7O3+. The third-order valence-electron chi connectivity index (χ3n) is 8.96. The van der Waals surface area contributed by atoms with Crippen molar-refractivity contribution in [1.82, 2.24) is 15.0 Å². The minimum absolute atomic E-state index is 0.164. The number of carbonyl (C=O) groups is 1. The highest BCUT2D eigenvalue weighted by Crippen LogP contribution is 2.36. The summed E-state index contributed by atoms with van der Waals surface area (Å²) in [5.41, 5.74) is 5.14. The molecule has 2 saturated heterocycles. The van der Waals surface area contributed by atoms with Gasteiger partial charge in [-0.2, -0.15) is 4.98 Å². The fourth-order valence-electron chi connectivity index (χ4n) is 6.21. The van der Waals surface area contributed by atoms with Crippen molar-refractivity contribution in [2.75, 3.05) is 49.8 Å². The lowest BCUT2D eigenvalue weighted by molar-refractivity contribution is -0.483. The molecule has 0 unspecified atom stereocenters. The second-order valence-electron chi connectivity index (χ2n) is 11.7. The van der Waals surface area contributed by atoms with Crippen LogP contribution in [0.15, 0.2) is 42.7 Å². The molecule has 4 heterocycles. The zero-order valence-corrected chi connectivity index (χ0v) is 25.2. The molecule has 1 aromatic carbocycles. The summed E-state index contributed by atoms with van der Waals surface area (Å²) in [4.78, 5) is 31.9. The van der Waals surface area contributed by atoms with Crippen LogP contribution in [0.2, 0.25) is 0 Å². The van der Waals surface area contributed by atoms with Crippen LogP contribution >= 0.6 is 0 Å². The minimum Gasteiger partial charge on any atom is -0.461 e. The summed E-state index contributed by atoms with van der Waals surface area (Å²) >= 11 is 0. The predicted octanol–water partition coefficient (Wildman–Crippen LogP) is 4.63. The molecule has 0 amide bonds. The molecule has 0 atom stereocenters. The summed E-state index contributed by atoms with van der Waals surface area (Å²) in [7, 11) is 2.03. The minimum atomic E-state index is -0.484. The predicted molar refractivity (Wildman–Crippen MR) is 167 cm³/mol. The van der Waals surface area contributed by atoms with E-state index in [1.165, 1.54) is 18.5 Å². The summed E-state index contributed by atoms with van der Waals surface area (Å²) in [6.45, 7) is 5.64. The Labute approximate surface area is 253 Å². The standard InChI is InChI=1S/C33H41N7O3/c1-3-43-32(41)28-19-27(23-20-35-33(36-21-23)39(2)25-12-16-42-17-13-25)29(30(34)22-8-6-9-22)31(38-28)37-24-10-7-11-26(18-24)40-14-4-5-15-40/h7,10-11,18-22,25,34H,3-6,8-9,12-17H2,1-2H3,(H,37,38)/p+1. The van der Waals surface area contributed by atoms with Gasteiger partial charge in [0.2, 0.25) is 11.8 Å². The van der Waals surface area contributed by atoms with Gasteiger partial charge in [-0.25, -0.2) is 14.8 Å². The Morgan fingerprint density at radius 1 is 1.09 bits per heavy atom. The maximum Gasteiger partial charge on any atom is 0.357 e. The second kappa shape index (κ2) is 13.2. The van der Waals surface area contributed by atoms with Crippen LogP contribution in [0.1, 0.15) is 67.9 Å². The van der Waals surface area contributed by atoms with Gasteiger partial charge in [-0.1, -0.05) is 12.5 Å². The maximum absolute atomic E-state index is 13.1. The first-order chi connectivity index (χ1) is 21.0. The van der Waals surface area contributed by atoms with Crippen molar-refractivity contribution >= 4 is 34.8 Å². The third kappa shape index (κ3) is 6.40. The van der Waals surface area contributed by atoms with E-state index < -0.39 is 5.97 Å². The number of nitrogens with one attached hydrogen (secondary N) is 1. The van der Waals surface area contributed by atoms with Crippen molar-refractivity contribution in [3.63, 3.8) is 0 Å². The maximum atomic E-state index is 13.1. The van der Waals surface area contributed by atoms with Crippen molar-refractivity contribution in [1.29, 1.82) is 5.41 Å². The lowest BCUT2D eigenvalue weighted by Gasteiger charge is -2.31. The molecule has 3 N–H and O–H groups in total. The average Bonchev–Trinajstić information content (AvgIpc) is 3.56. The van der Waals surface area contributed by atoms with E-state index >= 15 is 0 Å². The Hall–Kier alpha value is -3.89. The molecule has 10 heteroatoms. The fourth-order valence-corrected chi connectivity index (χ4v) is 6.21. The molecule has 2 aromatic heterocycles. The topological polar surface area (TPSA) is 121 Å².